The minimum absolute atomic E-state index is 0.128. The number of methoxy groups -OCH3 is 1. The van der Waals surface area contributed by atoms with Gasteiger partial charge in [0.25, 0.3) is 0 Å². The molecule has 2 nitrogen and oxygen atoms in total. The van der Waals surface area contributed by atoms with Crippen LogP contribution in [-0.4, -0.2) is 13.7 Å². The lowest BCUT2D eigenvalue weighted by atomic mass is 9.91. The first-order chi connectivity index (χ1) is 8.76. The molecule has 0 spiro atoms. The standard InChI is InChI=1S/C15H16FNO/c1-18-12-8-6-11(7-9-12)14(10-17)13-4-2-3-5-15(13)16/h2-9,14H,10,17H2,1H3. The van der Waals surface area contributed by atoms with E-state index in [1.54, 1.807) is 19.2 Å². The summed E-state index contributed by atoms with van der Waals surface area (Å²) < 4.78 is 18.9. The highest BCUT2D eigenvalue weighted by Gasteiger charge is 2.15. The molecule has 0 aromatic heterocycles. The van der Waals surface area contributed by atoms with E-state index in [0.717, 1.165) is 11.3 Å². The van der Waals surface area contributed by atoms with E-state index in [4.69, 9.17) is 10.5 Å². The summed E-state index contributed by atoms with van der Waals surface area (Å²) in [4.78, 5) is 0. The van der Waals surface area contributed by atoms with Gasteiger partial charge in [-0.2, -0.15) is 0 Å². The van der Waals surface area contributed by atoms with E-state index in [9.17, 15) is 4.39 Å². The third kappa shape index (κ3) is 2.51. The zero-order valence-corrected chi connectivity index (χ0v) is 10.3. The van der Waals surface area contributed by atoms with Gasteiger partial charge < -0.3 is 10.5 Å². The Morgan fingerprint density at radius 2 is 1.78 bits per heavy atom. The lowest BCUT2D eigenvalue weighted by Crippen LogP contribution is -2.15. The predicted octanol–water partition coefficient (Wildman–Crippen LogP) is 2.92. The number of benzene rings is 2. The molecular weight excluding hydrogens is 229 g/mol. The molecule has 1 unspecified atom stereocenters. The van der Waals surface area contributed by atoms with Gasteiger partial charge in [-0.05, 0) is 29.3 Å². The van der Waals surface area contributed by atoms with Gasteiger partial charge in [0, 0.05) is 12.5 Å². The highest BCUT2D eigenvalue weighted by Crippen LogP contribution is 2.27. The summed E-state index contributed by atoms with van der Waals surface area (Å²) >= 11 is 0. The molecule has 2 rings (SSSR count). The fourth-order valence-electron chi connectivity index (χ4n) is 2.04. The van der Waals surface area contributed by atoms with Crippen molar-refractivity contribution in [3.05, 3.63) is 65.5 Å². The zero-order valence-electron chi connectivity index (χ0n) is 10.3. The van der Waals surface area contributed by atoms with Crippen LogP contribution in [0.3, 0.4) is 0 Å². The Bertz CT molecular complexity index is 510. The third-order valence-electron chi connectivity index (χ3n) is 3.03. The maximum atomic E-state index is 13.8. The largest absolute Gasteiger partial charge is 0.497 e. The number of hydrogen-bond acceptors (Lipinski definition) is 2. The van der Waals surface area contributed by atoms with Crippen LogP contribution >= 0.6 is 0 Å². The highest BCUT2D eigenvalue weighted by atomic mass is 19.1. The fraction of sp³-hybridized carbons (Fsp3) is 0.200. The number of ether oxygens (including phenoxy) is 1. The molecule has 0 bridgehead atoms. The average Bonchev–Trinajstić information content (AvgIpc) is 2.42. The minimum Gasteiger partial charge on any atom is -0.497 e. The van der Waals surface area contributed by atoms with Crippen LogP contribution in [0.1, 0.15) is 17.0 Å². The monoisotopic (exact) mass is 245 g/mol. The molecule has 0 saturated heterocycles. The topological polar surface area (TPSA) is 35.2 Å². The average molecular weight is 245 g/mol. The number of hydrogen-bond donors (Lipinski definition) is 1. The Balaban J connectivity index is 2.36. The highest BCUT2D eigenvalue weighted by molar-refractivity contribution is 5.36. The lowest BCUT2D eigenvalue weighted by molar-refractivity contribution is 0.414. The van der Waals surface area contributed by atoms with Gasteiger partial charge in [0.1, 0.15) is 11.6 Å². The van der Waals surface area contributed by atoms with Crippen LogP contribution in [0.15, 0.2) is 48.5 Å². The zero-order chi connectivity index (χ0) is 13.0. The summed E-state index contributed by atoms with van der Waals surface area (Å²) in [5.74, 6) is 0.434. The second kappa shape index (κ2) is 5.65. The quantitative estimate of drug-likeness (QED) is 0.898. The Kier molecular flexibility index (Phi) is 3.95. The minimum atomic E-state index is -0.219. The molecule has 1 atom stereocenters. The van der Waals surface area contributed by atoms with Crippen LogP contribution in [0.2, 0.25) is 0 Å². The molecule has 94 valence electrons. The van der Waals surface area contributed by atoms with Crippen molar-refractivity contribution in [3.63, 3.8) is 0 Å². The summed E-state index contributed by atoms with van der Waals surface area (Å²) in [6.45, 7) is 0.368. The Morgan fingerprint density at radius 3 is 2.33 bits per heavy atom. The molecule has 3 heteroatoms. The maximum Gasteiger partial charge on any atom is 0.127 e. The first-order valence-corrected chi connectivity index (χ1v) is 5.84. The summed E-state index contributed by atoms with van der Waals surface area (Å²) in [5.41, 5.74) is 7.40. The molecule has 0 aliphatic carbocycles. The Morgan fingerprint density at radius 1 is 1.11 bits per heavy atom. The molecule has 0 radical (unpaired) electrons. The van der Waals surface area contributed by atoms with E-state index in [-0.39, 0.29) is 11.7 Å². The van der Waals surface area contributed by atoms with Gasteiger partial charge in [-0.1, -0.05) is 30.3 Å². The Hall–Kier alpha value is -1.87. The smallest absolute Gasteiger partial charge is 0.127 e. The van der Waals surface area contributed by atoms with E-state index in [2.05, 4.69) is 0 Å². The van der Waals surface area contributed by atoms with Crippen LogP contribution < -0.4 is 10.5 Å². The van der Waals surface area contributed by atoms with Crippen LogP contribution in [0, 0.1) is 5.82 Å². The molecule has 0 amide bonds. The Labute approximate surface area is 106 Å². The van der Waals surface area contributed by atoms with Crippen LogP contribution in [-0.2, 0) is 0 Å². The number of rotatable bonds is 4. The van der Waals surface area contributed by atoms with Crippen molar-refractivity contribution < 1.29 is 9.13 Å². The molecular formula is C15H16FNO. The predicted molar refractivity (Wildman–Crippen MR) is 70.3 cm³/mol. The van der Waals surface area contributed by atoms with Gasteiger partial charge in [0.2, 0.25) is 0 Å². The summed E-state index contributed by atoms with van der Waals surface area (Å²) in [7, 11) is 1.62. The molecule has 0 fully saturated rings. The maximum absolute atomic E-state index is 13.8. The van der Waals surface area contributed by atoms with Gasteiger partial charge >= 0.3 is 0 Å². The summed E-state index contributed by atoms with van der Waals surface area (Å²) in [5, 5.41) is 0. The van der Waals surface area contributed by atoms with Crippen molar-refractivity contribution in [1.29, 1.82) is 0 Å². The van der Waals surface area contributed by atoms with Crippen LogP contribution in [0.25, 0.3) is 0 Å². The SMILES string of the molecule is COc1ccc(C(CN)c2ccccc2F)cc1. The van der Waals surface area contributed by atoms with E-state index in [1.807, 2.05) is 30.3 Å². The van der Waals surface area contributed by atoms with Crippen molar-refractivity contribution in [3.8, 4) is 5.75 Å². The number of halogens is 1. The first-order valence-electron chi connectivity index (χ1n) is 5.84. The molecule has 0 aliphatic rings. The van der Waals surface area contributed by atoms with E-state index >= 15 is 0 Å². The second-order valence-electron chi connectivity index (χ2n) is 4.08. The summed E-state index contributed by atoms with van der Waals surface area (Å²) in [6, 6.07) is 14.3. The second-order valence-corrected chi connectivity index (χ2v) is 4.08. The van der Waals surface area contributed by atoms with Crippen molar-refractivity contribution in [2.45, 2.75) is 5.92 Å². The van der Waals surface area contributed by atoms with E-state index in [0.29, 0.717) is 12.1 Å². The van der Waals surface area contributed by atoms with Crippen molar-refractivity contribution in [2.24, 2.45) is 5.73 Å². The molecule has 18 heavy (non-hydrogen) atoms. The van der Waals surface area contributed by atoms with Crippen molar-refractivity contribution in [1.82, 2.24) is 0 Å². The van der Waals surface area contributed by atoms with Crippen molar-refractivity contribution in [2.75, 3.05) is 13.7 Å². The van der Waals surface area contributed by atoms with Gasteiger partial charge in [0.15, 0.2) is 0 Å². The van der Waals surface area contributed by atoms with Gasteiger partial charge in [-0.3, -0.25) is 0 Å². The van der Waals surface area contributed by atoms with E-state index in [1.165, 1.54) is 6.07 Å². The molecule has 2 N–H and O–H groups in total. The van der Waals surface area contributed by atoms with E-state index < -0.39 is 0 Å². The lowest BCUT2D eigenvalue weighted by Gasteiger charge is -2.16. The normalized spacial score (nSPS) is 12.2. The first kappa shape index (κ1) is 12.6. The molecule has 0 heterocycles. The van der Waals surface area contributed by atoms with Gasteiger partial charge in [0.05, 0.1) is 7.11 Å². The molecule has 2 aromatic rings. The summed E-state index contributed by atoms with van der Waals surface area (Å²) in [6.07, 6.45) is 0. The molecule has 0 aliphatic heterocycles. The molecule has 0 saturated carbocycles. The third-order valence-corrected chi connectivity index (χ3v) is 3.03. The molecule has 2 aromatic carbocycles. The van der Waals surface area contributed by atoms with Crippen molar-refractivity contribution >= 4 is 0 Å². The van der Waals surface area contributed by atoms with Crippen LogP contribution in [0.4, 0.5) is 4.39 Å². The van der Waals surface area contributed by atoms with Gasteiger partial charge in [-0.15, -0.1) is 0 Å². The number of nitrogens with two attached hydrogens (primary N) is 1. The van der Waals surface area contributed by atoms with Crippen LogP contribution in [0.5, 0.6) is 5.75 Å². The fourth-order valence-corrected chi connectivity index (χ4v) is 2.04. The van der Waals surface area contributed by atoms with Gasteiger partial charge in [-0.25, -0.2) is 4.39 Å².